The molecule has 1 aliphatic heterocycles. The molecule has 0 fully saturated rings. The third-order valence-corrected chi connectivity index (χ3v) is 6.09. The first-order valence-corrected chi connectivity index (χ1v) is 12.0. The van der Waals surface area contributed by atoms with Crippen molar-refractivity contribution in [3.63, 3.8) is 0 Å². The highest BCUT2D eigenvalue weighted by atomic mass is 32.2. The van der Waals surface area contributed by atoms with E-state index in [2.05, 4.69) is 11.9 Å². The van der Waals surface area contributed by atoms with Crippen LogP contribution in [0, 0.1) is 0 Å². The fraction of sp³-hybridized carbons (Fsp3) is 0.261. The van der Waals surface area contributed by atoms with Crippen molar-refractivity contribution in [3.05, 3.63) is 60.7 Å². The van der Waals surface area contributed by atoms with E-state index in [1.807, 2.05) is 6.92 Å². The summed E-state index contributed by atoms with van der Waals surface area (Å²) in [5.74, 6) is -2.41. The molecule has 1 heterocycles. The van der Waals surface area contributed by atoms with Gasteiger partial charge < -0.3 is 19.7 Å². The summed E-state index contributed by atoms with van der Waals surface area (Å²) in [5.41, 5.74) is 0.867. The highest BCUT2D eigenvalue weighted by Crippen LogP contribution is 2.33. The molecule has 10 heteroatoms. The van der Waals surface area contributed by atoms with Crippen molar-refractivity contribution in [3.8, 4) is 11.5 Å². The van der Waals surface area contributed by atoms with Crippen LogP contribution in [-0.4, -0.2) is 57.3 Å². The van der Waals surface area contributed by atoms with Gasteiger partial charge in [-0.05, 0) is 49.4 Å². The molecule has 1 N–H and O–H groups in total. The van der Waals surface area contributed by atoms with Gasteiger partial charge in [-0.3, -0.25) is 14.4 Å². The van der Waals surface area contributed by atoms with Crippen molar-refractivity contribution < 1.29 is 32.3 Å². The molecule has 3 rings (SSSR count). The van der Waals surface area contributed by atoms with E-state index >= 15 is 0 Å². The van der Waals surface area contributed by atoms with E-state index in [0.29, 0.717) is 29.5 Å². The Hall–Kier alpha value is -3.66. The van der Waals surface area contributed by atoms with Crippen LogP contribution in [0.4, 0.5) is 11.4 Å². The molecule has 2 aromatic rings. The van der Waals surface area contributed by atoms with E-state index in [9.17, 15) is 22.8 Å². The first-order valence-electron chi connectivity index (χ1n) is 10.2. The Morgan fingerprint density at radius 3 is 2.58 bits per heavy atom. The summed E-state index contributed by atoms with van der Waals surface area (Å²) in [7, 11) is -4.04. The summed E-state index contributed by atoms with van der Waals surface area (Å²) in [6.07, 6.45) is 1.54. The molecular weight excluding hydrogens is 448 g/mol. The summed E-state index contributed by atoms with van der Waals surface area (Å²) >= 11 is 0. The van der Waals surface area contributed by atoms with Crippen molar-refractivity contribution in [2.24, 2.45) is 0 Å². The lowest BCUT2D eigenvalue weighted by molar-refractivity contribution is -0.121. The zero-order valence-electron chi connectivity index (χ0n) is 18.1. The first kappa shape index (κ1) is 24.0. The smallest absolute Gasteiger partial charge is 0.265 e. The lowest BCUT2D eigenvalue weighted by Crippen LogP contribution is -2.39. The number of rotatable bonds is 10. The maximum Gasteiger partial charge on any atom is 0.265 e. The normalized spacial score (nSPS) is 13.0. The Morgan fingerprint density at radius 1 is 1.18 bits per heavy atom. The average Bonchev–Trinajstić information content (AvgIpc) is 2.76. The average molecular weight is 473 g/mol. The number of hydrogen-bond acceptors (Lipinski definition) is 7. The van der Waals surface area contributed by atoms with Crippen molar-refractivity contribution in [2.45, 2.75) is 6.92 Å². The number of nitrogens with zero attached hydrogens (tertiary/aromatic N) is 1. The Morgan fingerprint density at radius 2 is 1.91 bits per heavy atom. The Balaban J connectivity index is 1.66. The van der Waals surface area contributed by atoms with Crippen LogP contribution in [0.25, 0.3) is 0 Å². The van der Waals surface area contributed by atoms with Gasteiger partial charge in [-0.15, -0.1) is 6.58 Å². The molecule has 0 spiro atoms. The Kier molecular flexibility index (Phi) is 7.49. The maximum atomic E-state index is 12.6. The van der Waals surface area contributed by atoms with E-state index in [1.165, 1.54) is 29.2 Å². The zero-order chi connectivity index (χ0) is 24.0. The molecule has 2 amide bonds. The summed E-state index contributed by atoms with van der Waals surface area (Å²) < 4.78 is 35.6. The number of ketones is 1. The number of Topliss-reactive ketones (excluding diaryl/α,β-unsaturated/α-hetero) is 1. The highest BCUT2D eigenvalue weighted by molar-refractivity contribution is 7.92. The third kappa shape index (κ3) is 6.19. The first-order chi connectivity index (χ1) is 15.7. The van der Waals surface area contributed by atoms with Gasteiger partial charge in [-0.1, -0.05) is 6.08 Å². The summed E-state index contributed by atoms with van der Waals surface area (Å²) in [6.45, 7) is 6.04. The Labute approximate surface area is 191 Å². The van der Waals surface area contributed by atoms with E-state index in [-0.39, 0.29) is 24.6 Å². The van der Waals surface area contributed by atoms with Crippen LogP contribution < -0.4 is 19.7 Å². The largest absolute Gasteiger partial charge is 0.494 e. The van der Waals surface area contributed by atoms with E-state index in [1.54, 1.807) is 24.3 Å². The minimum Gasteiger partial charge on any atom is -0.494 e. The lowest BCUT2D eigenvalue weighted by Gasteiger charge is -2.28. The molecule has 0 aromatic heterocycles. The number of sulfone groups is 1. The zero-order valence-corrected chi connectivity index (χ0v) is 18.9. The minimum absolute atomic E-state index is 0.0941. The van der Waals surface area contributed by atoms with Crippen LogP contribution >= 0.6 is 0 Å². The number of anilines is 2. The van der Waals surface area contributed by atoms with Gasteiger partial charge in [0.15, 0.2) is 22.2 Å². The minimum atomic E-state index is -4.04. The molecular formula is C23H24N2O7S. The number of carbonyl (C=O) groups is 3. The van der Waals surface area contributed by atoms with E-state index < -0.39 is 33.0 Å². The summed E-state index contributed by atoms with van der Waals surface area (Å²) in [4.78, 5) is 38.3. The predicted octanol–water partition coefficient (Wildman–Crippen LogP) is 2.23. The number of ether oxygens (including phenoxy) is 2. The summed E-state index contributed by atoms with van der Waals surface area (Å²) in [6, 6.07) is 10.8. The van der Waals surface area contributed by atoms with Gasteiger partial charge in [0.1, 0.15) is 23.0 Å². The molecule has 9 nitrogen and oxygen atoms in total. The quantitative estimate of drug-likeness (QED) is 0.416. The van der Waals surface area contributed by atoms with Gasteiger partial charge in [0, 0.05) is 17.8 Å². The summed E-state index contributed by atoms with van der Waals surface area (Å²) in [5, 5.41) is 2.49. The molecule has 2 aromatic carbocycles. The highest BCUT2D eigenvalue weighted by Gasteiger charge is 2.27. The second-order valence-electron chi connectivity index (χ2n) is 7.23. The molecule has 0 unspecified atom stereocenters. The molecule has 0 radical (unpaired) electrons. The SMILES string of the molecule is C=CCN1C(=O)COc2ccc(C(=O)CS(=O)(=O)CC(=O)Nc3ccc(OCC)cc3)cc21. The van der Waals surface area contributed by atoms with Crippen LogP contribution in [0.15, 0.2) is 55.1 Å². The van der Waals surface area contributed by atoms with Gasteiger partial charge in [-0.25, -0.2) is 8.42 Å². The molecule has 33 heavy (non-hydrogen) atoms. The fourth-order valence-electron chi connectivity index (χ4n) is 3.24. The van der Waals surface area contributed by atoms with Crippen molar-refractivity contribution >= 4 is 38.8 Å². The number of fused-ring (bicyclic) bond motifs is 1. The number of hydrogen-bond donors (Lipinski definition) is 1. The predicted molar refractivity (Wildman–Crippen MR) is 124 cm³/mol. The molecule has 0 saturated carbocycles. The van der Waals surface area contributed by atoms with Crippen LogP contribution in [0.5, 0.6) is 11.5 Å². The maximum absolute atomic E-state index is 12.6. The van der Waals surface area contributed by atoms with Gasteiger partial charge in [0.05, 0.1) is 12.3 Å². The second kappa shape index (κ2) is 10.3. The topological polar surface area (TPSA) is 119 Å². The molecule has 0 saturated heterocycles. The van der Waals surface area contributed by atoms with Crippen molar-refractivity contribution in [1.82, 2.24) is 0 Å². The number of benzene rings is 2. The van der Waals surface area contributed by atoms with E-state index in [0.717, 1.165) is 0 Å². The van der Waals surface area contributed by atoms with Crippen LogP contribution in [0.1, 0.15) is 17.3 Å². The van der Waals surface area contributed by atoms with Crippen LogP contribution in [-0.2, 0) is 19.4 Å². The standard InChI is InChI=1S/C23H24N2O7S/c1-3-11-25-19-12-16(5-10-21(19)32-13-23(25)28)20(26)14-33(29,30)15-22(27)24-17-6-8-18(9-7-17)31-4-2/h3,5-10,12H,1,4,11,13-15H2,2H3,(H,24,27). The fourth-order valence-corrected chi connectivity index (χ4v) is 4.38. The Bertz CT molecular complexity index is 1170. The van der Waals surface area contributed by atoms with Gasteiger partial charge in [0.25, 0.3) is 5.91 Å². The molecule has 0 atom stereocenters. The molecule has 174 valence electrons. The van der Waals surface area contributed by atoms with Gasteiger partial charge in [-0.2, -0.15) is 0 Å². The molecule has 1 aliphatic rings. The van der Waals surface area contributed by atoms with E-state index in [4.69, 9.17) is 9.47 Å². The number of nitrogens with one attached hydrogen (secondary N) is 1. The molecule has 0 aliphatic carbocycles. The van der Waals surface area contributed by atoms with Gasteiger partial charge >= 0.3 is 0 Å². The van der Waals surface area contributed by atoms with Crippen molar-refractivity contribution in [2.75, 3.05) is 41.5 Å². The molecule has 0 bridgehead atoms. The van der Waals surface area contributed by atoms with Gasteiger partial charge in [0.2, 0.25) is 5.91 Å². The third-order valence-electron chi connectivity index (χ3n) is 4.69. The monoisotopic (exact) mass is 472 g/mol. The number of carbonyl (C=O) groups excluding carboxylic acids is 3. The second-order valence-corrected chi connectivity index (χ2v) is 9.29. The van der Waals surface area contributed by atoms with Crippen LogP contribution in [0.2, 0.25) is 0 Å². The van der Waals surface area contributed by atoms with Crippen molar-refractivity contribution in [1.29, 1.82) is 0 Å². The lowest BCUT2D eigenvalue weighted by atomic mass is 10.1. The van der Waals surface area contributed by atoms with Crippen LogP contribution in [0.3, 0.4) is 0 Å². The number of amides is 2.